The lowest BCUT2D eigenvalue weighted by molar-refractivity contribution is -0.595. The lowest BCUT2D eigenvalue weighted by atomic mass is 9.87. The van der Waals surface area contributed by atoms with Crippen molar-refractivity contribution in [3.05, 3.63) is 89.4 Å². The molecular formula is C31H39N2+. The lowest BCUT2D eigenvalue weighted by Crippen LogP contribution is -2.31. The molecule has 0 unspecified atom stereocenters. The van der Waals surface area contributed by atoms with Gasteiger partial charge in [-0.25, -0.2) is 4.57 Å². The van der Waals surface area contributed by atoms with Crippen molar-refractivity contribution in [2.45, 2.75) is 79.1 Å². The summed E-state index contributed by atoms with van der Waals surface area (Å²) in [4.78, 5) is 0. The highest BCUT2D eigenvalue weighted by Crippen LogP contribution is 2.36. The maximum absolute atomic E-state index is 2.38. The van der Waals surface area contributed by atoms with Crippen LogP contribution in [0.5, 0.6) is 0 Å². The Morgan fingerprint density at radius 2 is 1.03 bits per heavy atom. The van der Waals surface area contributed by atoms with Crippen LogP contribution in [0, 0.1) is 0 Å². The van der Waals surface area contributed by atoms with Crippen LogP contribution < -0.4 is 4.57 Å². The van der Waals surface area contributed by atoms with Crippen molar-refractivity contribution in [3.8, 4) is 16.9 Å². The second kappa shape index (κ2) is 9.17. The van der Waals surface area contributed by atoms with Crippen molar-refractivity contribution >= 4 is 5.52 Å². The number of fused-ring (bicyclic) bond motifs is 1. The van der Waals surface area contributed by atoms with Gasteiger partial charge in [-0.1, -0.05) is 97.9 Å². The molecule has 2 aromatic carbocycles. The number of para-hydroxylation sites is 1. The molecule has 33 heavy (non-hydrogen) atoms. The zero-order chi connectivity index (χ0) is 23.9. The fourth-order valence-electron chi connectivity index (χ4n) is 5.05. The molecule has 0 saturated heterocycles. The number of pyridine rings is 1. The summed E-state index contributed by atoms with van der Waals surface area (Å²) in [5.74, 6) is 1.85. The van der Waals surface area contributed by atoms with E-state index in [1.54, 1.807) is 0 Å². The Morgan fingerprint density at radius 3 is 1.52 bits per heavy atom. The second-order valence-corrected chi connectivity index (χ2v) is 10.6. The average molecular weight is 440 g/mol. The molecule has 0 fully saturated rings. The van der Waals surface area contributed by atoms with Crippen LogP contribution in [0.3, 0.4) is 0 Å². The van der Waals surface area contributed by atoms with Gasteiger partial charge in [-0.05, 0) is 46.9 Å². The Kier molecular flexibility index (Phi) is 6.47. The van der Waals surface area contributed by atoms with Gasteiger partial charge in [0.15, 0.2) is 5.52 Å². The predicted molar refractivity (Wildman–Crippen MR) is 141 cm³/mol. The van der Waals surface area contributed by atoms with E-state index in [0.29, 0.717) is 23.7 Å². The van der Waals surface area contributed by atoms with E-state index in [2.05, 4.69) is 131 Å². The van der Waals surface area contributed by atoms with Crippen molar-refractivity contribution in [2.75, 3.05) is 0 Å². The molecule has 4 aromatic rings. The maximum atomic E-state index is 2.38. The molecule has 0 atom stereocenters. The van der Waals surface area contributed by atoms with Gasteiger partial charge in [0.25, 0.3) is 6.33 Å². The van der Waals surface area contributed by atoms with E-state index in [1.807, 2.05) is 0 Å². The summed E-state index contributed by atoms with van der Waals surface area (Å²) in [6, 6.07) is 20.3. The zero-order valence-corrected chi connectivity index (χ0v) is 21.6. The largest absolute Gasteiger partial charge is 0.254 e. The molecule has 2 heterocycles. The third-order valence-electron chi connectivity index (χ3n) is 6.80. The smallest absolute Gasteiger partial charge is 0.201 e. The summed E-state index contributed by atoms with van der Waals surface area (Å²) in [6.45, 7) is 18.4. The molecule has 0 aliphatic carbocycles. The van der Waals surface area contributed by atoms with E-state index >= 15 is 0 Å². The maximum Gasteiger partial charge on any atom is 0.254 e. The van der Waals surface area contributed by atoms with E-state index in [4.69, 9.17) is 0 Å². The van der Waals surface area contributed by atoms with E-state index in [0.717, 1.165) is 0 Å². The van der Waals surface area contributed by atoms with Gasteiger partial charge in [0.05, 0.1) is 0 Å². The van der Waals surface area contributed by atoms with Crippen LogP contribution in [0.15, 0.2) is 67.1 Å². The van der Waals surface area contributed by atoms with Crippen LogP contribution in [0.1, 0.15) is 101 Å². The summed E-state index contributed by atoms with van der Waals surface area (Å²) in [7, 11) is 0. The molecule has 0 saturated carbocycles. The number of hydrogen-bond acceptors (Lipinski definition) is 0. The molecular weight excluding hydrogens is 400 g/mol. The summed E-state index contributed by atoms with van der Waals surface area (Å²) >= 11 is 0. The summed E-state index contributed by atoms with van der Waals surface area (Å²) in [6.07, 6.45) is 4.59. The first-order valence-electron chi connectivity index (χ1n) is 12.5. The monoisotopic (exact) mass is 439 g/mol. The molecule has 4 rings (SSSR count). The number of benzene rings is 2. The molecule has 2 aromatic heterocycles. The highest BCUT2D eigenvalue weighted by Gasteiger charge is 2.24. The highest BCUT2D eigenvalue weighted by atomic mass is 15.1. The molecule has 0 bridgehead atoms. The average Bonchev–Trinajstić information content (AvgIpc) is 3.22. The van der Waals surface area contributed by atoms with Gasteiger partial charge >= 0.3 is 0 Å². The molecule has 0 amide bonds. The van der Waals surface area contributed by atoms with Crippen LogP contribution in [-0.2, 0) is 0 Å². The van der Waals surface area contributed by atoms with Crippen LogP contribution in [-0.4, -0.2) is 4.40 Å². The Bertz CT molecular complexity index is 1220. The minimum absolute atomic E-state index is 0.461. The van der Waals surface area contributed by atoms with Gasteiger partial charge in [-0.2, -0.15) is 4.40 Å². The van der Waals surface area contributed by atoms with Crippen molar-refractivity contribution in [2.24, 2.45) is 0 Å². The Hall–Kier alpha value is -2.87. The summed E-state index contributed by atoms with van der Waals surface area (Å²) < 4.78 is 4.74. The van der Waals surface area contributed by atoms with Crippen molar-refractivity contribution in [3.63, 3.8) is 0 Å². The van der Waals surface area contributed by atoms with Gasteiger partial charge in [-0.3, -0.25) is 0 Å². The molecule has 172 valence electrons. The molecule has 0 aliphatic rings. The SMILES string of the molecule is CC(C)c1cccc(C(C)C)c1-c1cccc2c[n+](-c3c(C(C)C)cccc3C(C)C)cn12. The molecule has 0 spiro atoms. The number of hydrogen-bond donors (Lipinski definition) is 0. The molecule has 0 N–H and O–H groups in total. The number of aromatic nitrogens is 2. The molecule has 2 heteroatoms. The van der Waals surface area contributed by atoms with Crippen LogP contribution in [0.25, 0.3) is 22.5 Å². The van der Waals surface area contributed by atoms with Crippen LogP contribution in [0.4, 0.5) is 0 Å². The third kappa shape index (κ3) is 4.24. The Balaban J connectivity index is 2.03. The van der Waals surface area contributed by atoms with Crippen molar-refractivity contribution < 1.29 is 4.57 Å². The minimum Gasteiger partial charge on any atom is -0.201 e. The van der Waals surface area contributed by atoms with Gasteiger partial charge in [-0.15, -0.1) is 0 Å². The second-order valence-electron chi connectivity index (χ2n) is 10.6. The van der Waals surface area contributed by atoms with Crippen molar-refractivity contribution in [1.82, 2.24) is 4.40 Å². The first kappa shape index (κ1) is 23.3. The molecule has 0 aliphatic heterocycles. The normalized spacial score (nSPS) is 12.1. The van der Waals surface area contributed by atoms with Crippen molar-refractivity contribution in [1.29, 1.82) is 0 Å². The first-order chi connectivity index (χ1) is 15.7. The summed E-state index contributed by atoms with van der Waals surface area (Å²) in [5.41, 5.74) is 10.8. The van der Waals surface area contributed by atoms with E-state index < -0.39 is 0 Å². The molecule has 0 radical (unpaired) electrons. The van der Waals surface area contributed by atoms with Gasteiger partial charge < -0.3 is 0 Å². The molecule has 2 nitrogen and oxygen atoms in total. The minimum atomic E-state index is 0.461. The Labute approximate surface area is 199 Å². The first-order valence-corrected chi connectivity index (χ1v) is 12.5. The lowest BCUT2D eigenvalue weighted by Gasteiger charge is -2.18. The zero-order valence-electron chi connectivity index (χ0n) is 21.6. The predicted octanol–water partition coefficient (Wildman–Crippen LogP) is 8.38. The number of imidazole rings is 1. The third-order valence-corrected chi connectivity index (χ3v) is 6.80. The number of rotatable bonds is 6. The number of nitrogens with zero attached hydrogens (tertiary/aromatic N) is 2. The highest BCUT2D eigenvalue weighted by molar-refractivity contribution is 5.72. The topological polar surface area (TPSA) is 8.29 Å². The fraction of sp³-hybridized carbons (Fsp3) is 0.387. The van der Waals surface area contributed by atoms with E-state index in [1.165, 1.54) is 44.7 Å². The van der Waals surface area contributed by atoms with Gasteiger partial charge in [0, 0.05) is 16.7 Å². The Morgan fingerprint density at radius 1 is 0.576 bits per heavy atom. The van der Waals surface area contributed by atoms with Crippen LogP contribution >= 0.6 is 0 Å². The van der Waals surface area contributed by atoms with Crippen LogP contribution in [0.2, 0.25) is 0 Å². The fourth-order valence-corrected chi connectivity index (χ4v) is 5.05. The van der Waals surface area contributed by atoms with E-state index in [9.17, 15) is 0 Å². The summed E-state index contributed by atoms with van der Waals surface area (Å²) in [5, 5.41) is 0. The van der Waals surface area contributed by atoms with E-state index in [-0.39, 0.29) is 0 Å². The van der Waals surface area contributed by atoms with Gasteiger partial charge in [0.1, 0.15) is 17.6 Å². The quantitative estimate of drug-likeness (QED) is 0.267. The standard InChI is InChI=1S/C31H39N2/c1-20(2)25-13-10-14-26(21(3)4)30(25)29-17-9-12-24-18-32(19-33(24)29)31-27(22(5)6)15-11-16-28(31)23(7)8/h9-23H,1-8H3/q+1. The van der Waals surface area contributed by atoms with Gasteiger partial charge in [0.2, 0.25) is 0 Å².